The van der Waals surface area contributed by atoms with Crippen LogP contribution in [0.1, 0.15) is 11.6 Å². The van der Waals surface area contributed by atoms with Crippen LogP contribution in [0.2, 0.25) is 0 Å². The lowest BCUT2D eigenvalue weighted by Gasteiger charge is -2.34. The first-order valence-electron chi connectivity index (χ1n) is 5.88. The Kier molecular flexibility index (Phi) is 8.46. The van der Waals surface area contributed by atoms with E-state index in [9.17, 15) is 22.0 Å². The molecule has 2 nitrogen and oxygen atoms in total. The van der Waals surface area contributed by atoms with Crippen LogP contribution in [0, 0.1) is 17.5 Å². The molecule has 21 heavy (non-hydrogen) atoms. The van der Waals surface area contributed by atoms with E-state index in [2.05, 4.69) is 5.32 Å². The van der Waals surface area contributed by atoms with Crippen molar-refractivity contribution >= 4 is 24.8 Å². The standard InChI is InChI=1S/C12H13F5N2.2ClH/c13-8-6-10(15)9(14)5-7(8)11(12(16)17)19-3-1-18-2-4-19;;/h5-6,11-12,18H,1-4H2;2*1H/t11-;;/m0../s1. The fourth-order valence-electron chi connectivity index (χ4n) is 2.22. The van der Waals surface area contributed by atoms with Gasteiger partial charge in [0.25, 0.3) is 6.43 Å². The Morgan fingerprint density at radius 3 is 1.95 bits per heavy atom. The summed E-state index contributed by atoms with van der Waals surface area (Å²) in [5, 5.41) is 2.98. The van der Waals surface area contributed by atoms with Crippen LogP contribution >= 0.6 is 24.8 Å². The molecule has 1 fully saturated rings. The van der Waals surface area contributed by atoms with Gasteiger partial charge in [-0.05, 0) is 6.07 Å². The summed E-state index contributed by atoms with van der Waals surface area (Å²) in [6.07, 6.45) is -2.88. The van der Waals surface area contributed by atoms with Crippen molar-refractivity contribution < 1.29 is 22.0 Å². The predicted molar refractivity (Wildman–Crippen MR) is 74.0 cm³/mol. The van der Waals surface area contributed by atoms with Crippen molar-refractivity contribution in [2.75, 3.05) is 26.2 Å². The van der Waals surface area contributed by atoms with Crippen molar-refractivity contribution in [3.63, 3.8) is 0 Å². The minimum Gasteiger partial charge on any atom is -0.314 e. The Labute approximate surface area is 131 Å². The SMILES string of the molecule is Cl.Cl.Fc1cc(F)c([C@@H](C(F)F)N2CCNCC2)cc1F. The molecule has 0 aromatic heterocycles. The van der Waals surface area contributed by atoms with Gasteiger partial charge in [-0.2, -0.15) is 0 Å². The van der Waals surface area contributed by atoms with E-state index in [1.807, 2.05) is 0 Å². The van der Waals surface area contributed by atoms with Crippen LogP contribution in [0.15, 0.2) is 12.1 Å². The molecule has 0 unspecified atom stereocenters. The van der Waals surface area contributed by atoms with Crippen LogP contribution in [0.5, 0.6) is 0 Å². The third-order valence-electron chi connectivity index (χ3n) is 3.14. The first-order chi connectivity index (χ1) is 9.00. The molecule has 0 saturated carbocycles. The fraction of sp³-hybridized carbons (Fsp3) is 0.500. The molecule has 9 heteroatoms. The highest BCUT2D eigenvalue weighted by Gasteiger charge is 2.33. The van der Waals surface area contributed by atoms with E-state index >= 15 is 0 Å². The Bertz CT molecular complexity index is 456. The molecule has 1 aliphatic rings. The summed E-state index contributed by atoms with van der Waals surface area (Å²) >= 11 is 0. The number of hydrogen-bond donors (Lipinski definition) is 1. The Balaban J connectivity index is 0.00000200. The molecular weight excluding hydrogens is 338 g/mol. The topological polar surface area (TPSA) is 15.3 Å². The summed E-state index contributed by atoms with van der Waals surface area (Å²) in [5.41, 5.74) is -0.504. The third kappa shape index (κ3) is 4.67. The van der Waals surface area contributed by atoms with Crippen LogP contribution in [0.3, 0.4) is 0 Å². The molecular formula is C12H15Cl2F5N2. The van der Waals surface area contributed by atoms with Gasteiger partial charge < -0.3 is 5.32 Å². The van der Waals surface area contributed by atoms with Crippen LogP contribution < -0.4 is 5.32 Å². The predicted octanol–water partition coefficient (Wildman–Crippen LogP) is 3.16. The minimum atomic E-state index is -2.88. The molecule has 1 heterocycles. The summed E-state index contributed by atoms with van der Waals surface area (Å²) < 4.78 is 65.9. The zero-order valence-electron chi connectivity index (χ0n) is 10.8. The molecule has 0 spiro atoms. The number of hydrogen-bond acceptors (Lipinski definition) is 2. The van der Waals surface area contributed by atoms with E-state index in [-0.39, 0.29) is 24.8 Å². The average molecular weight is 353 g/mol. The van der Waals surface area contributed by atoms with E-state index in [1.54, 1.807) is 0 Å². The molecule has 1 saturated heterocycles. The lowest BCUT2D eigenvalue weighted by Crippen LogP contribution is -2.47. The summed E-state index contributed by atoms with van der Waals surface area (Å²) in [4.78, 5) is 1.37. The molecule has 1 N–H and O–H groups in total. The van der Waals surface area contributed by atoms with Crippen molar-refractivity contribution in [1.29, 1.82) is 0 Å². The smallest absolute Gasteiger partial charge is 0.258 e. The second-order valence-corrected chi connectivity index (χ2v) is 4.35. The first-order valence-corrected chi connectivity index (χ1v) is 5.88. The highest BCUT2D eigenvalue weighted by atomic mass is 35.5. The Morgan fingerprint density at radius 1 is 0.905 bits per heavy atom. The van der Waals surface area contributed by atoms with E-state index in [0.717, 1.165) is 0 Å². The number of benzene rings is 1. The Morgan fingerprint density at radius 2 is 1.43 bits per heavy atom. The van der Waals surface area contributed by atoms with Crippen LogP contribution in [0.25, 0.3) is 0 Å². The van der Waals surface area contributed by atoms with Crippen molar-refractivity contribution in [3.8, 4) is 0 Å². The molecule has 0 bridgehead atoms. The summed E-state index contributed by atoms with van der Waals surface area (Å²) in [6, 6.07) is -0.733. The maximum absolute atomic E-state index is 13.6. The number of nitrogens with one attached hydrogen (secondary N) is 1. The fourth-order valence-corrected chi connectivity index (χ4v) is 2.22. The maximum atomic E-state index is 13.6. The van der Waals surface area contributed by atoms with Crippen molar-refractivity contribution in [2.45, 2.75) is 12.5 Å². The number of piperazine rings is 1. The second-order valence-electron chi connectivity index (χ2n) is 4.35. The number of nitrogens with zero attached hydrogens (tertiary/aromatic N) is 1. The lowest BCUT2D eigenvalue weighted by atomic mass is 10.0. The summed E-state index contributed by atoms with van der Waals surface area (Å²) in [5.74, 6) is -3.85. The number of alkyl halides is 2. The monoisotopic (exact) mass is 352 g/mol. The van der Waals surface area contributed by atoms with Gasteiger partial charge in [0.2, 0.25) is 0 Å². The molecule has 1 atom stereocenters. The van der Waals surface area contributed by atoms with E-state index in [4.69, 9.17) is 0 Å². The van der Waals surface area contributed by atoms with E-state index < -0.39 is 35.5 Å². The van der Waals surface area contributed by atoms with Crippen molar-refractivity contribution in [1.82, 2.24) is 10.2 Å². The number of rotatable bonds is 3. The molecule has 1 aromatic rings. The largest absolute Gasteiger partial charge is 0.314 e. The van der Waals surface area contributed by atoms with E-state index in [1.165, 1.54) is 4.90 Å². The summed E-state index contributed by atoms with van der Waals surface area (Å²) in [6.45, 7) is 1.59. The lowest BCUT2D eigenvalue weighted by molar-refractivity contribution is 0.0162. The van der Waals surface area contributed by atoms with Gasteiger partial charge in [0.05, 0.1) is 6.04 Å². The van der Waals surface area contributed by atoms with E-state index in [0.29, 0.717) is 38.3 Å². The normalized spacial score (nSPS) is 17.0. The van der Waals surface area contributed by atoms with Gasteiger partial charge >= 0.3 is 0 Å². The molecule has 0 aliphatic carbocycles. The van der Waals surface area contributed by atoms with Crippen LogP contribution in [-0.2, 0) is 0 Å². The summed E-state index contributed by atoms with van der Waals surface area (Å²) in [7, 11) is 0. The van der Waals surface area contributed by atoms with Gasteiger partial charge in [-0.15, -0.1) is 24.8 Å². The van der Waals surface area contributed by atoms with Gasteiger partial charge in [-0.3, -0.25) is 4.90 Å². The molecule has 1 aliphatic heterocycles. The second kappa shape index (κ2) is 8.73. The highest BCUT2D eigenvalue weighted by molar-refractivity contribution is 5.85. The van der Waals surface area contributed by atoms with Crippen molar-refractivity contribution in [2.24, 2.45) is 0 Å². The van der Waals surface area contributed by atoms with Crippen molar-refractivity contribution in [3.05, 3.63) is 35.1 Å². The third-order valence-corrected chi connectivity index (χ3v) is 3.14. The molecule has 0 radical (unpaired) electrons. The molecule has 2 rings (SSSR count). The molecule has 1 aromatic carbocycles. The first kappa shape index (κ1) is 20.4. The zero-order chi connectivity index (χ0) is 14.0. The highest BCUT2D eigenvalue weighted by Crippen LogP contribution is 2.30. The van der Waals surface area contributed by atoms with Gasteiger partial charge in [0.1, 0.15) is 5.82 Å². The quantitative estimate of drug-likeness (QED) is 0.664. The van der Waals surface area contributed by atoms with Gasteiger partial charge in [0, 0.05) is 37.8 Å². The van der Waals surface area contributed by atoms with Gasteiger partial charge in [0.15, 0.2) is 11.6 Å². The Hall–Kier alpha value is -0.630. The van der Waals surface area contributed by atoms with Gasteiger partial charge in [-0.25, -0.2) is 22.0 Å². The minimum absolute atomic E-state index is 0. The molecule has 0 amide bonds. The maximum Gasteiger partial charge on any atom is 0.258 e. The zero-order valence-corrected chi connectivity index (χ0v) is 12.4. The van der Waals surface area contributed by atoms with Gasteiger partial charge in [-0.1, -0.05) is 0 Å². The van der Waals surface area contributed by atoms with Crippen LogP contribution in [0.4, 0.5) is 22.0 Å². The van der Waals surface area contributed by atoms with Crippen LogP contribution in [-0.4, -0.2) is 37.5 Å². The molecule has 122 valence electrons. The number of halogens is 7. The average Bonchev–Trinajstić information content (AvgIpc) is 2.37.